The molecule has 6 heteroatoms. The van der Waals surface area contributed by atoms with Crippen molar-refractivity contribution in [3.05, 3.63) is 58.2 Å². The highest BCUT2D eigenvalue weighted by Crippen LogP contribution is 2.34. The zero-order valence-corrected chi connectivity index (χ0v) is 20.5. The molecule has 0 aliphatic heterocycles. The van der Waals surface area contributed by atoms with Crippen LogP contribution in [0.5, 0.6) is 5.75 Å². The molecule has 134 valence electrons. The number of carbonyl (C=O) groups excluding carboxylic acids is 1. The summed E-state index contributed by atoms with van der Waals surface area (Å²) in [5.41, 5.74) is 2.15. The summed E-state index contributed by atoms with van der Waals surface area (Å²) >= 11 is 6.59. The van der Waals surface area contributed by atoms with Crippen LogP contribution in [0.15, 0.2) is 36.4 Å². The van der Waals surface area contributed by atoms with Gasteiger partial charge in [0.25, 0.3) is 0 Å². The van der Waals surface area contributed by atoms with Crippen LogP contribution in [0.3, 0.4) is 0 Å². The third kappa shape index (κ3) is 5.44. The van der Waals surface area contributed by atoms with Crippen molar-refractivity contribution in [3.8, 4) is 5.75 Å². The number of hydrogen-bond donors (Lipinski definition) is 2. The topological polar surface area (TPSA) is 49.3 Å². The van der Waals surface area contributed by atoms with Gasteiger partial charge in [0.05, 0.1) is 13.2 Å². The Labute approximate surface area is 189 Å². The molecule has 0 fully saturated rings. The summed E-state index contributed by atoms with van der Waals surface area (Å²) in [6, 6.07) is 11.9. The Morgan fingerprint density at radius 2 is 1.80 bits per heavy atom. The predicted molar refractivity (Wildman–Crippen MR) is 127 cm³/mol. The molecule has 2 atom stereocenters. The number of benzene rings is 2. The van der Waals surface area contributed by atoms with E-state index in [9.17, 15) is 9.90 Å². The minimum absolute atomic E-state index is 0.0222. The van der Waals surface area contributed by atoms with Gasteiger partial charge < -0.3 is 10.4 Å². The van der Waals surface area contributed by atoms with Crippen molar-refractivity contribution in [1.82, 2.24) is 5.32 Å². The number of phenolic OH excluding ortho intramolecular Hbond substituents is 1. The molecule has 2 aromatic rings. The molecule has 2 aromatic carbocycles. The Bertz CT molecular complexity index is 750. The molecule has 0 saturated heterocycles. The van der Waals surface area contributed by atoms with Gasteiger partial charge in [0.1, 0.15) is 5.75 Å². The first-order chi connectivity index (χ1) is 11.8. The molecule has 1 amide bonds. The average molecular weight is 675 g/mol. The zero-order valence-electron chi connectivity index (χ0n) is 14.0. The van der Waals surface area contributed by atoms with E-state index in [1.165, 1.54) is 0 Å². The lowest BCUT2D eigenvalue weighted by Crippen LogP contribution is -2.33. The Morgan fingerprint density at radius 3 is 2.40 bits per heavy atom. The molecule has 0 aliphatic rings. The van der Waals surface area contributed by atoms with Gasteiger partial charge in [0, 0.05) is 9.49 Å². The van der Waals surface area contributed by atoms with Crippen LogP contribution in [0, 0.1) is 16.6 Å². The van der Waals surface area contributed by atoms with E-state index in [1.54, 1.807) is 0 Å². The third-order valence-electron chi connectivity index (χ3n) is 4.21. The summed E-state index contributed by atoms with van der Waals surface area (Å²) in [6.45, 7) is 4.04. The molecule has 2 N–H and O–H groups in total. The monoisotopic (exact) mass is 675 g/mol. The van der Waals surface area contributed by atoms with Crippen molar-refractivity contribution in [3.63, 3.8) is 0 Å². The van der Waals surface area contributed by atoms with Gasteiger partial charge in [-0.25, -0.2) is 0 Å². The largest absolute Gasteiger partial charge is 0.506 e. The van der Waals surface area contributed by atoms with Crippen molar-refractivity contribution in [1.29, 1.82) is 0 Å². The Morgan fingerprint density at radius 1 is 1.16 bits per heavy atom. The number of aromatic hydroxyl groups is 1. The third-order valence-corrected chi connectivity index (χ3v) is 7.16. The van der Waals surface area contributed by atoms with E-state index in [-0.39, 0.29) is 17.9 Å². The highest BCUT2D eigenvalue weighted by molar-refractivity contribution is 14.1. The van der Waals surface area contributed by atoms with Crippen LogP contribution in [0.1, 0.15) is 37.4 Å². The summed E-state index contributed by atoms with van der Waals surface area (Å²) in [4.78, 5) is 12.8. The van der Waals surface area contributed by atoms with Crippen molar-refractivity contribution < 1.29 is 9.90 Å². The van der Waals surface area contributed by atoms with Crippen LogP contribution in [-0.4, -0.2) is 11.0 Å². The first-order valence-electron chi connectivity index (χ1n) is 8.05. The summed E-state index contributed by atoms with van der Waals surface area (Å²) in [6.07, 6.45) is 1.39. The number of hydrogen-bond acceptors (Lipinski definition) is 2. The first kappa shape index (κ1) is 21.2. The smallest absolute Gasteiger partial charge is 0.223 e. The quantitative estimate of drug-likeness (QED) is 0.390. The maximum atomic E-state index is 12.8. The normalized spacial score (nSPS) is 13.3. The fourth-order valence-electron chi connectivity index (χ4n) is 2.63. The Balaban J connectivity index is 2.15. The van der Waals surface area contributed by atoms with Gasteiger partial charge in [0.2, 0.25) is 5.91 Å². The zero-order chi connectivity index (χ0) is 18.6. The van der Waals surface area contributed by atoms with Crippen LogP contribution in [-0.2, 0) is 11.2 Å². The highest BCUT2D eigenvalue weighted by Gasteiger charge is 2.23. The maximum absolute atomic E-state index is 12.8. The molecular formula is C19H20I3NO2. The number of carbonyl (C=O) groups is 1. The van der Waals surface area contributed by atoms with E-state index in [2.05, 4.69) is 73.1 Å². The first-order valence-corrected chi connectivity index (χ1v) is 11.3. The summed E-state index contributed by atoms with van der Waals surface area (Å²) in [7, 11) is 0. The second-order valence-corrected chi connectivity index (χ2v) is 9.33. The number of phenols is 1. The summed E-state index contributed by atoms with van der Waals surface area (Å²) in [5, 5.41) is 13.3. The molecule has 2 rings (SSSR count). The molecule has 0 saturated carbocycles. The van der Waals surface area contributed by atoms with Gasteiger partial charge in [-0.15, -0.1) is 0 Å². The minimum atomic E-state index is -0.118. The van der Waals surface area contributed by atoms with E-state index in [0.29, 0.717) is 12.2 Å². The fourth-order valence-corrected chi connectivity index (χ4v) is 6.44. The molecule has 0 aromatic heterocycles. The second kappa shape index (κ2) is 9.72. The summed E-state index contributed by atoms with van der Waals surface area (Å²) < 4.78 is 2.77. The second-order valence-electron chi connectivity index (χ2n) is 5.93. The molecule has 25 heavy (non-hydrogen) atoms. The fraction of sp³-hybridized carbons (Fsp3) is 0.316. The lowest BCUT2D eigenvalue weighted by atomic mass is 9.95. The van der Waals surface area contributed by atoms with Gasteiger partial charge >= 0.3 is 0 Å². The minimum Gasteiger partial charge on any atom is -0.506 e. The Kier molecular flexibility index (Phi) is 8.25. The molecule has 0 heterocycles. The Hall–Kier alpha value is -0.1000. The number of amides is 1. The number of halogens is 3. The van der Waals surface area contributed by atoms with E-state index in [4.69, 9.17) is 0 Å². The van der Waals surface area contributed by atoms with E-state index in [0.717, 1.165) is 28.3 Å². The van der Waals surface area contributed by atoms with Gasteiger partial charge in [-0.3, -0.25) is 4.79 Å². The SMILES string of the molecule is CC[C@@H](Cc1c(I)cc(I)c(O)c1I)C(=O)N[C@H](C)c1ccccc1. The van der Waals surface area contributed by atoms with Gasteiger partial charge in [-0.05, 0) is 105 Å². The number of rotatable bonds is 6. The van der Waals surface area contributed by atoms with E-state index in [1.807, 2.05) is 50.2 Å². The van der Waals surface area contributed by atoms with E-state index >= 15 is 0 Å². The van der Waals surface area contributed by atoms with Crippen LogP contribution < -0.4 is 5.32 Å². The number of nitrogens with one attached hydrogen (secondary N) is 1. The van der Waals surface area contributed by atoms with Gasteiger partial charge in [0.15, 0.2) is 0 Å². The van der Waals surface area contributed by atoms with Gasteiger partial charge in [-0.2, -0.15) is 0 Å². The van der Waals surface area contributed by atoms with Crippen molar-refractivity contribution in [2.45, 2.75) is 32.7 Å². The molecule has 3 nitrogen and oxygen atoms in total. The molecule has 0 bridgehead atoms. The lowest BCUT2D eigenvalue weighted by Gasteiger charge is -2.21. The van der Waals surface area contributed by atoms with Crippen LogP contribution in [0.25, 0.3) is 0 Å². The molecular weight excluding hydrogens is 655 g/mol. The van der Waals surface area contributed by atoms with Crippen molar-refractivity contribution >= 4 is 73.7 Å². The van der Waals surface area contributed by atoms with Crippen LogP contribution >= 0.6 is 67.8 Å². The average Bonchev–Trinajstić information content (AvgIpc) is 2.60. The molecule has 0 unspecified atom stereocenters. The van der Waals surface area contributed by atoms with Crippen molar-refractivity contribution in [2.75, 3.05) is 0 Å². The van der Waals surface area contributed by atoms with E-state index < -0.39 is 0 Å². The highest BCUT2D eigenvalue weighted by atomic mass is 127. The van der Waals surface area contributed by atoms with Crippen LogP contribution in [0.4, 0.5) is 0 Å². The molecule has 0 spiro atoms. The lowest BCUT2D eigenvalue weighted by molar-refractivity contribution is -0.125. The summed E-state index contributed by atoms with van der Waals surface area (Å²) in [5.74, 6) is 0.251. The molecule has 0 aliphatic carbocycles. The van der Waals surface area contributed by atoms with Crippen LogP contribution in [0.2, 0.25) is 0 Å². The standard InChI is InChI=1S/C19H20I3NO2/c1-3-12(9-14-15(20)10-16(21)18(24)17(14)22)19(25)23-11(2)13-7-5-4-6-8-13/h4-8,10-12,24H,3,9H2,1-2H3,(H,23,25)/t11-,12+/m1/s1. The van der Waals surface area contributed by atoms with Gasteiger partial charge in [-0.1, -0.05) is 37.3 Å². The predicted octanol–water partition coefficient (Wildman–Crippen LogP) is 5.65. The maximum Gasteiger partial charge on any atom is 0.223 e. The molecule has 0 radical (unpaired) electrons. The van der Waals surface area contributed by atoms with Crippen molar-refractivity contribution in [2.24, 2.45) is 5.92 Å².